The van der Waals surface area contributed by atoms with E-state index in [0.717, 1.165) is 37.2 Å². The van der Waals surface area contributed by atoms with E-state index in [0.29, 0.717) is 17.2 Å². The molecule has 1 aliphatic rings. The predicted molar refractivity (Wildman–Crippen MR) is 103 cm³/mol. The summed E-state index contributed by atoms with van der Waals surface area (Å²) in [5.41, 5.74) is 3.22. The summed E-state index contributed by atoms with van der Waals surface area (Å²) in [5, 5.41) is 12.2. The monoisotopic (exact) mass is 352 g/mol. The topological polar surface area (TPSA) is 69.6 Å². The molecule has 0 unspecified atom stereocenters. The van der Waals surface area contributed by atoms with Crippen molar-refractivity contribution in [3.05, 3.63) is 59.2 Å². The standard InChI is InChI=1S/C21H24N2O3/c1-14-3-5-16(6-4-14)20(24)22-18-13-17(21(25)26)7-8-19(18)23-11-9-15(2)10-12-23/h3-8,13,15H,9-12H2,1-2H3,(H,22,24)(H,25,26). The SMILES string of the molecule is Cc1ccc(C(=O)Nc2cc(C(=O)O)ccc2N2CCC(C)CC2)cc1. The highest BCUT2D eigenvalue weighted by Crippen LogP contribution is 2.31. The largest absolute Gasteiger partial charge is 0.478 e. The molecule has 0 saturated carbocycles. The van der Waals surface area contributed by atoms with Crippen LogP contribution in [0.1, 0.15) is 46.0 Å². The fourth-order valence-electron chi connectivity index (χ4n) is 3.19. The third kappa shape index (κ3) is 4.04. The summed E-state index contributed by atoms with van der Waals surface area (Å²) in [5.74, 6) is -0.552. The molecule has 0 radical (unpaired) electrons. The van der Waals surface area contributed by atoms with Crippen LogP contribution in [0.25, 0.3) is 0 Å². The number of aryl methyl sites for hydroxylation is 1. The Morgan fingerprint density at radius 1 is 1.04 bits per heavy atom. The second-order valence-corrected chi connectivity index (χ2v) is 7.03. The van der Waals surface area contributed by atoms with Gasteiger partial charge in [-0.1, -0.05) is 24.6 Å². The van der Waals surface area contributed by atoms with Crippen molar-refractivity contribution in [1.82, 2.24) is 0 Å². The number of amides is 1. The van der Waals surface area contributed by atoms with Gasteiger partial charge >= 0.3 is 5.97 Å². The Morgan fingerprint density at radius 3 is 2.27 bits per heavy atom. The molecule has 1 fully saturated rings. The number of hydrogen-bond donors (Lipinski definition) is 2. The van der Waals surface area contributed by atoms with Gasteiger partial charge in [0.15, 0.2) is 0 Å². The zero-order valence-corrected chi connectivity index (χ0v) is 15.2. The van der Waals surface area contributed by atoms with Gasteiger partial charge in [0.25, 0.3) is 5.91 Å². The van der Waals surface area contributed by atoms with Crippen LogP contribution in [0.3, 0.4) is 0 Å². The van der Waals surface area contributed by atoms with Crippen LogP contribution in [-0.4, -0.2) is 30.1 Å². The molecule has 2 aromatic carbocycles. The number of benzene rings is 2. The van der Waals surface area contributed by atoms with Crippen molar-refractivity contribution < 1.29 is 14.7 Å². The minimum Gasteiger partial charge on any atom is -0.478 e. The van der Waals surface area contributed by atoms with Gasteiger partial charge in [-0.2, -0.15) is 0 Å². The third-order valence-electron chi connectivity index (χ3n) is 4.93. The van der Waals surface area contributed by atoms with Crippen LogP contribution < -0.4 is 10.2 Å². The third-order valence-corrected chi connectivity index (χ3v) is 4.93. The number of rotatable bonds is 4. The molecular weight excluding hydrogens is 328 g/mol. The summed E-state index contributed by atoms with van der Waals surface area (Å²) < 4.78 is 0. The molecule has 0 spiro atoms. The van der Waals surface area contributed by atoms with E-state index in [9.17, 15) is 14.7 Å². The van der Waals surface area contributed by atoms with Crippen molar-refractivity contribution in [1.29, 1.82) is 0 Å². The fourth-order valence-corrected chi connectivity index (χ4v) is 3.19. The summed E-state index contributed by atoms with van der Waals surface area (Å²) >= 11 is 0. The quantitative estimate of drug-likeness (QED) is 0.866. The second-order valence-electron chi connectivity index (χ2n) is 7.03. The Labute approximate surface area is 153 Å². The zero-order valence-electron chi connectivity index (χ0n) is 15.2. The Balaban J connectivity index is 1.89. The molecular formula is C21H24N2O3. The van der Waals surface area contributed by atoms with E-state index in [1.54, 1.807) is 30.3 Å². The average Bonchev–Trinajstić information content (AvgIpc) is 2.63. The molecule has 1 amide bonds. The first-order valence-electron chi connectivity index (χ1n) is 8.94. The highest BCUT2D eigenvalue weighted by molar-refractivity contribution is 6.06. The molecule has 5 nitrogen and oxygen atoms in total. The molecule has 26 heavy (non-hydrogen) atoms. The van der Waals surface area contributed by atoms with Gasteiger partial charge in [-0.05, 0) is 56.0 Å². The number of carboxylic acids is 1. The van der Waals surface area contributed by atoms with Gasteiger partial charge in [0.1, 0.15) is 0 Å². The Bertz CT molecular complexity index is 807. The number of piperidine rings is 1. The number of hydrogen-bond acceptors (Lipinski definition) is 3. The van der Waals surface area contributed by atoms with E-state index >= 15 is 0 Å². The van der Waals surface area contributed by atoms with Crippen molar-refractivity contribution in [2.75, 3.05) is 23.3 Å². The average molecular weight is 352 g/mol. The maximum Gasteiger partial charge on any atom is 0.335 e. The number of nitrogens with zero attached hydrogens (tertiary/aromatic N) is 1. The van der Waals surface area contributed by atoms with Crippen molar-refractivity contribution in [2.45, 2.75) is 26.7 Å². The highest BCUT2D eigenvalue weighted by atomic mass is 16.4. The lowest BCUT2D eigenvalue weighted by Gasteiger charge is -2.33. The van der Waals surface area contributed by atoms with Crippen molar-refractivity contribution in [2.24, 2.45) is 5.92 Å². The van der Waals surface area contributed by atoms with E-state index in [2.05, 4.69) is 17.1 Å². The minimum absolute atomic E-state index is 0.165. The lowest BCUT2D eigenvalue weighted by Crippen LogP contribution is -2.33. The molecule has 5 heteroatoms. The molecule has 1 heterocycles. The van der Waals surface area contributed by atoms with Gasteiger partial charge < -0.3 is 15.3 Å². The van der Waals surface area contributed by atoms with Gasteiger partial charge in [-0.15, -0.1) is 0 Å². The van der Waals surface area contributed by atoms with E-state index < -0.39 is 5.97 Å². The number of anilines is 2. The van der Waals surface area contributed by atoms with Gasteiger partial charge in [0.05, 0.1) is 16.9 Å². The Kier molecular flexibility index (Phi) is 5.26. The van der Waals surface area contributed by atoms with Crippen LogP contribution in [0.5, 0.6) is 0 Å². The van der Waals surface area contributed by atoms with Crippen molar-refractivity contribution in [3.63, 3.8) is 0 Å². The maximum atomic E-state index is 12.6. The Hall–Kier alpha value is -2.82. The van der Waals surface area contributed by atoms with Crippen LogP contribution >= 0.6 is 0 Å². The van der Waals surface area contributed by atoms with Gasteiger partial charge in [0, 0.05) is 18.7 Å². The molecule has 0 atom stereocenters. The fraction of sp³-hybridized carbons (Fsp3) is 0.333. The van der Waals surface area contributed by atoms with Gasteiger partial charge in [-0.25, -0.2) is 4.79 Å². The number of aromatic carboxylic acids is 1. The molecule has 0 aliphatic carbocycles. The van der Waals surface area contributed by atoms with Crippen LogP contribution in [0, 0.1) is 12.8 Å². The molecule has 1 aliphatic heterocycles. The smallest absolute Gasteiger partial charge is 0.335 e. The highest BCUT2D eigenvalue weighted by Gasteiger charge is 2.20. The number of nitrogens with one attached hydrogen (secondary N) is 1. The molecule has 0 aromatic heterocycles. The summed E-state index contributed by atoms with van der Waals surface area (Å²) in [6, 6.07) is 12.2. The molecule has 136 valence electrons. The first-order chi connectivity index (χ1) is 12.4. The van der Waals surface area contributed by atoms with E-state index in [-0.39, 0.29) is 11.5 Å². The van der Waals surface area contributed by atoms with Gasteiger partial charge in [0.2, 0.25) is 0 Å². The molecule has 0 bridgehead atoms. The summed E-state index contributed by atoms with van der Waals surface area (Å²) in [4.78, 5) is 26.2. The minimum atomic E-state index is -1.00. The van der Waals surface area contributed by atoms with Crippen LogP contribution in [0.2, 0.25) is 0 Å². The first kappa shape index (κ1) is 18.0. The van der Waals surface area contributed by atoms with E-state index in [1.165, 1.54) is 0 Å². The maximum absolute atomic E-state index is 12.6. The second kappa shape index (κ2) is 7.60. The van der Waals surface area contributed by atoms with E-state index in [1.807, 2.05) is 19.1 Å². The summed E-state index contributed by atoms with van der Waals surface area (Å²) in [6.45, 7) is 6.01. The normalized spacial score (nSPS) is 14.9. The zero-order chi connectivity index (χ0) is 18.7. The van der Waals surface area contributed by atoms with Crippen LogP contribution in [0.15, 0.2) is 42.5 Å². The van der Waals surface area contributed by atoms with Crippen LogP contribution in [0.4, 0.5) is 11.4 Å². The van der Waals surface area contributed by atoms with Crippen molar-refractivity contribution >= 4 is 23.3 Å². The molecule has 2 N–H and O–H groups in total. The molecule has 2 aromatic rings. The number of carbonyl (C=O) groups excluding carboxylic acids is 1. The Morgan fingerprint density at radius 2 is 1.65 bits per heavy atom. The van der Waals surface area contributed by atoms with E-state index in [4.69, 9.17) is 0 Å². The molecule has 3 rings (SSSR count). The summed E-state index contributed by atoms with van der Waals surface area (Å²) in [6.07, 6.45) is 2.18. The predicted octanol–water partition coefficient (Wildman–Crippen LogP) is 4.18. The number of carbonyl (C=O) groups is 2. The summed E-state index contributed by atoms with van der Waals surface area (Å²) in [7, 11) is 0. The van der Waals surface area contributed by atoms with Crippen LogP contribution in [-0.2, 0) is 0 Å². The first-order valence-corrected chi connectivity index (χ1v) is 8.94. The molecule has 1 saturated heterocycles. The van der Waals surface area contributed by atoms with Crippen molar-refractivity contribution in [3.8, 4) is 0 Å². The number of carboxylic acid groups (broad SMARTS) is 1. The lowest BCUT2D eigenvalue weighted by atomic mass is 9.98. The lowest BCUT2D eigenvalue weighted by molar-refractivity contribution is 0.0696. The van der Waals surface area contributed by atoms with Gasteiger partial charge in [-0.3, -0.25) is 4.79 Å².